The van der Waals surface area contributed by atoms with Crippen molar-refractivity contribution >= 4 is 34.1 Å². The van der Waals surface area contributed by atoms with Crippen LogP contribution in [0, 0.1) is 12.8 Å². The van der Waals surface area contributed by atoms with E-state index in [-0.39, 0.29) is 11.8 Å². The zero-order valence-corrected chi connectivity index (χ0v) is 16.4. The Morgan fingerprint density at radius 3 is 2.55 bits per heavy atom. The average molecular weight is 389 g/mol. The van der Waals surface area contributed by atoms with Crippen LogP contribution in [0.1, 0.15) is 18.7 Å². The number of aromatic nitrogens is 4. The summed E-state index contributed by atoms with van der Waals surface area (Å²) in [5.41, 5.74) is 1.95. The van der Waals surface area contributed by atoms with E-state index in [0.717, 1.165) is 67.3 Å². The second-order valence-corrected chi connectivity index (χ2v) is 7.63. The Morgan fingerprint density at radius 1 is 1.03 bits per heavy atom. The van der Waals surface area contributed by atoms with Gasteiger partial charge in [-0.05, 0) is 38.0 Å². The van der Waals surface area contributed by atoms with Gasteiger partial charge in [-0.15, -0.1) is 0 Å². The maximum absolute atomic E-state index is 11.9. The highest BCUT2D eigenvalue weighted by molar-refractivity contribution is 5.93. The van der Waals surface area contributed by atoms with Gasteiger partial charge < -0.3 is 15.1 Å². The summed E-state index contributed by atoms with van der Waals surface area (Å²) in [7, 11) is 0. The normalized spacial score (nSPS) is 16.9. The van der Waals surface area contributed by atoms with Crippen LogP contribution in [0.15, 0.2) is 36.8 Å². The van der Waals surface area contributed by atoms with Crippen molar-refractivity contribution in [1.29, 1.82) is 0 Å². The Labute approximate surface area is 169 Å². The molecule has 1 aliphatic carbocycles. The average Bonchev–Trinajstić information content (AvgIpc) is 3.59. The molecule has 0 aromatic carbocycles. The Bertz CT molecular complexity index is 1040. The van der Waals surface area contributed by atoms with Crippen molar-refractivity contribution < 1.29 is 4.79 Å². The first-order chi connectivity index (χ1) is 14.2. The number of fused-ring (bicyclic) bond motifs is 1. The molecule has 8 nitrogen and oxygen atoms in total. The molecule has 1 aliphatic heterocycles. The van der Waals surface area contributed by atoms with E-state index in [1.165, 1.54) is 0 Å². The van der Waals surface area contributed by atoms with Crippen LogP contribution in [0.3, 0.4) is 0 Å². The smallest absolute Gasteiger partial charge is 0.228 e. The molecule has 3 aromatic rings. The zero-order chi connectivity index (χ0) is 19.8. The third kappa shape index (κ3) is 3.70. The molecule has 1 saturated heterocycles. The number of hydrogen-bond acceptors (Lipinski definition) is 7. The Morgan fingerprint density at radius 2 is 1.83 bits per heavy atom. The first-order valence-electron chi connectivity index (χ1n) is 10.0. The van der Waals surface area contributed by atoms with E-state index >= 15 is 0 Å². The Balaban J connectivity index is 1.26. The van der Waals surface area contributed by atoms with E-state index < -0.39 is 0 Å². The van der Waals surface area contributed by atoms with Gasteiger partial charge in [-0.25, -0.2) is 15.0 Å². The van der Waals surface area contributed by atoms with Gasteiger partial charge in [0.15, 0.2) is 0 Å². The highest BCUT2D eigenvalue weighted by Crippen LogP contribution is 2.30. The molecule has 0 bridgehead atoms. The largest absolute Gasteiger partial charge is 0.367 e. The zero-order valence-electron chi connectivity index (χ0n) is 16.4. The van der Waals surface area contributed by atoms with Crippen LogP contribution in [0.2, 0.25) is 0 Å². The number of nitrogens with one attached hydrogen (secondary N) is 1. The summed E-state index contributed by atoms with van der Waals surface area (Å²) in [6, 6.07) is 5.90. The van der Waals surface area contributed by atoms with E-state index in [0.29, 0.717) is 5.82 Å². The van der Waals surface area contributed by atoms with Crippen LogP contribution in [-0.2, 0) is 4.79 Å². The third-order valence-electron chi connectivity index (χ3n) is 5.48. The maximum atomic E-state index is 11.9. The van der Waals surface area contributed by atoms with Crippen LogP contribution < -0.4 is 15.1 Å². The first kappa shape index (κ1) is 17.8. The number of piperazine rings is 1. The van der Waals surface area contributed by atoms with Gasteiger partial charge in [0.25, 0.3) is 0 Å². The van der Waals surface area contributed by atoms with Gasteiger partial charge in [-0.3, -0.25) is 9.78 Å². The second kappa shape index (κ2) is 7.27. The molecular weight excluding hydrogens is 366 g/mol. The lowest BCUT2D eigenvalue weighted by molar-refractivity contribution is -0.117. The summed E-state index contributed by atoms with van der Waals surface area (Å²) in [4.78, 5) is 34.3. The summed E-state index contributed by atoms with van der Waals surface area (Å²) >= 11 is 0. The van der Waals surface area contributed by atoms with Crippen molar-refractivity contribution in [1.82, 2.24) is 19.9 Å². The fraction of sp³-hybridized carbons (Fsp3) is 0.381. The molecule has 0 radical (unpaired) electrons. The molecule has 1 saturated carbocycles. The monoisotopic (exact) mass is 389 g/mol. The van der Waals surface area contributed by atoms with Gasteiger partial charge >= 0.3 is 0 Å². The molecule has 29 heavy (non-hydrogen) atoms. The Kier molecular flexibility index (Phi) is 4.46. The van der Waals surface area contributed by atoms with Crippen LogP contribution in [0.4, 0.5) is 17.3 Å². The number of carbonyl (C=O) groups excluding carboxylic acids is 1. The molecular formula is C21H23N7O. The van der Waals surface area contributed by atoms with Crippen LogP contribution in [0.25, 0.3) is 10.9 Å². The summed E-state index contributed by atoms with van der Waals surface area (Å²) < 4.78 is 0. The van der Waals surface area contributed by atoms with Crippen molar-refractivity contribution in [3.8, 4) is 0 Å². The minimum Gasteiger partial charge on any atom is -0.367 e. The van der Waals surface area contributed by atoms with Crippen LogP contribution in [-0.4, -0.2) is 52.0 Å². The third-order valence-corrected chi connectivity index (χ3v) is 5.48. The van der Waals surface area contributed by atoms with Crippen molar-refractivity contribution in [2.45, 2.75) is 19.8 Å². The number of nitrogens with zero attached hydrogens (tertiary/aromatic N) is 6. The minimum absolute atomic E-state index is 0.0847. The molecule has 4 heterocycles. The SMILES string of the molecule is Cc1nc(N2CCN(c3ccc(NC(=O)C4CC4)nc3)CC2)c2ccncc2n1. The van der Waals surface area contributed by atoms with Gasteiger partial charge in [0.05, 0.1) is 23.6 Å². The second-order valence-electron chi connectivity index (χ2n) is 7.63. The quantitative estimate of drug-likeness (QED) is 0.733. The van der Waals surface area contributed by atoms with Gasteiger partial charge in [-0.2, -0.15) is 0 Å². The number of aryl methyl sites for hydroxylation is 1. The standard InChI is InChI=1S/C21H23N7O/c1-14-24-18-13-22-7-6-17(18)20(25-14)28-10-8-27(9-11-28)16-4-5-19(23-12-16)26-21(29)15-2-3-15/h4-7,12-13,15H,2-3,8-11H2,1H3,(H,23,26,29). The predicted octanol–water partition coefficient (Wildman–Crippen LogP) is 2.40. The van der Waals surface area contributed by atoms with E-state index in [2.05, 4.69) is 30.1 Å². The van der Waals surface area contributed by atoms with Gasteiger partial charge in [0.1, 0.15) is 17.5 Å². The number of hydrogen-bond donors (Lipinski definition) is 1. The molecule has 1 N–H and O–H groups in total. The number of amides is 1. The molecule has 2 fully saturated rings. The lowest BCUT2D eigenvalue weighted by atomic mass is 10.2. The Hall–Kier alpha value is -3.29. The fourth-order valence-electron chi connectivity index (χ4n) is 3.72. The highest BCUT2D eigenvalue weighted by atomic mass is 16.2. The molecule has 3 aromatic heterocycles. The molecule has 148 valence electrons. The molecule has 8 heteroatoms. The van der Waals surface area contributed by atoms with E-state index in [9.17, 15) is 4.79 Å². The molecule has 0 unspecified atom stereocenters. The fourth-order valence-corrected chi connectivity index (χ4v) is 3.72. The lowest BCUT2D eigenvalue weighted by Crippen LogP contribution is -2.47. The number of rotatable bonds is 4. The maximum Gasteiger partial charge on any atom is 0.228 e. The molecule has 5 rings (SSSR count). The molecule has 0 spiro atoms. The van der Waals surface area contributed by atoms with E-state index in [1.54, 1.807) is 12.4 Å². The predicted molar refractivity (Wildman–Crippen MR) is 112 cm³/mol. The summed E-state index contributed by atoms with van der Waals surface area (Å²) in [5, 5.41) is 3.93. The highest BCUT2D eigenvalue weighted by Gasteiger charge is 2.29. The number of pyridine rings is 2. The van der Waals surface area contributed by atoms with E-state index in [4.69, 9.17) is 4.98 Å². The summed E-state index contributed by atoms with van der Waals surface area (Å²) in [6.07, 6.45) is 7.40. The molecule has 0 atom stereocenters. The molecule has 2 aliphatic rings. The lowest BCUT2D eigenvalue weighted by Gasteiger charge is -2.37. The van der Waals surface area contributed by atoms with Crippen LogP contribution >= 0.6 is 0 Å². The number of carbonyl (C=O) groups is 1. The van der Waals surface area contributed by atoms with Gasteiger partial charge in [0, 0.05) is 43.7 Å². The van der Waals surface area contributed by atoms with E-state index in [1.807, 2.05) is 31.3 Å². The van der Waals surface area contributed by atoms with Crippen LogP contribution in [0.5, 0.6) is 0 Å². The van der Waals surface area contributed by atoms with Gasteiger partial charge in [-0.1, -0.05) is 0 Å². The first-order valence-corrected chi connectivity index (χ1v) is 10.0. The minimum atomic E-state index is 0.0847. The number of anilines is 3. The molecule has 1 amide bonds. The summed E-state index contributed by atoms with van der Waals surface area (Å²) in [6.45, 7) is 5.42. The van der Waals surface area contributed by atoms with Gasteiger partial charge in [0.2, 0.25) is 5.91 Å². The topological polar surface area (TPSA) is 87.1 Å². The van der Waals surface area contributed by atoms with Crippen molar-refractivity contribution in [3.63, 3.8) is 0 Å². The van der Waals surface area contributed by atoms with Crippen molar-refractivity contribution in [2.75, 3.05) is 41.3 Å². The van der Waals surface area contributed by atoms with Crippen molar-refractivity contribution in [3.05, 3.63) is 42.6 Å². The summed E-state index contributed by atoms with van der Waals surface area (Å²) in [5.74, 6) is 2.63. The van der Waals surface area contributed by atoms with Crippen molar-refractivity contribution in [2.24, 2.45) is 5.92 Å².